The fourth-order valence-electron chi connectivity index (χ4n) is 0.761. The summed E-state index contributed by atoms with van der Waals surface area (Å²) < 4.78 is 5.20. The number of amides is 1. The Hall–Kier alpha value is -1.51. The van der Waals surface area contributed by atoms with E-state index in [-0.39, 0.29) is 0 Å². The highest BCUT2D eigenvalue weighted by Gasteiger charge is 2.08. The summed E-state index contributed by atoms with van der Waals surface area (Å²) >= 11 is 0. The molecule has 0 heterocycles. The zero-order valence-corrected chi connectivity index (χ0v) is 6.86. The largest absolute Gasteiger partial charge is 0.481 e. The van der Waals surface area contributed by atoms with E-state index in [0.29, 0.717) is 5.75 Å². The van der Waals surface area contributed by atoms with Crippen molar-refractivity contribution in [3.8, 4) is 5.75 Å². The van der Waals surface area contributed by atoms with Crippen molar-refractivity contribution in [1.82, 2.24) is 0 Å². The van der Waals surface area contributed by atoms with Crippen molar-refractivity contribution in [3.05, 3.63) is 30.3 Å². The normalized spacial score (nSPS) is 12.1. The second-order valence-corrected chi connectivity index (χ2v) is 2.48. The van der Waals surface area contributed by atoms with E-state index in [9.17, 15) is 4.79 Å². The zero-order chi connectivity index (χ0) is 8.97. The second kappa shape index (κ2) is 3.76. The Balaban J connectivity index is 2.58. The minimum absolute atomic E-state index is 0.459. The molecule has 0 aliphatic heterocycles. The quantitative estimate of drug-likeness (QED) is 0.724. The maximum atomic E-state index is 10.6. The number of rotatable bonds is 3. The topological polar surface area (TPSA) is 52.3 Å². The van der Waals surface area contributed by atoms with Gasteiger partial charge in [0.05, 0.1) is 0 Å². The molecule has 1 rings (SSSR count). The predicted octanol–water partition coefficient (Wildman–Crippen LogP) is 0.939. The lowest BCUT2D eigenvalue weighted by Gasteiger charge is -2.10. The van der Waals surface area contributed by atoms with E-state index in [4.69, 9.17) is 10.5 Å². The van der Waals surface area contributed by atoms with Gasteiger partial charge in [0.25, 0.3) is 5.91 Å². The van der Waals surface area contributed by atoms with Gasteiger partial charge < -0.3 is 10.5 Å². The Kier molecular flexibility index (Phi) is 2.69. The molecule has 2 N–H and O–H groups in total. The summed E-state index contributed by atoms with van der Waals surface area (Å²) in [5.74, 6) is 0.197. The number of ether oxygens (including phenoxy) is 1. The van der Waals surface area contributed by atoms with Gasteiger partial charge in [0.15, 0.2) is 6.10 Å². The van der Waals surface area contributed by atoms with Crippen LogP contribution in [-0.2, 0) is 4.79 Å². The molecule has 3 heteroatoms. The van der Waals surface area contributed by atoms with Gasteiger partial charge in [-0.25, -0.2) is 0 Å². The highest BCUT2D eigenvalue weighted by molar-refractivity contribution is 5.78. The number of carbonyl (C=O) groups excluding carboxylic acids is 1. The third kappa shape index (κ3) is 2.27. The van der Waals surface area contributed by atoms with Gasteiger partial charge in [-0.05, 0) is 19.1 Å². The van der Waals surface area contributed by atoms with E-state index >= 15 is 0 Å². The van der Waals surface area contributed by atoms with Crippen LogP contribution in [0.1, 0.15) is 6.92 Å². The van der Waals surface area contributed by atoms with E-state index in [0.717, 1.165) is 0 Å². The molecule has 0 aliphatic rings. The van der Waals surface area contributed by atoms with Gasteiger partial charge in [-0.1, -0.05) is 18.2 Å². The van der Waals surface area contributed by atoms with Crippen molar-refractivity contribution >= 4 is 5.91 Å². The first-order chi connectivity index (χ1) is 5.70. The molecule has 3 nitrogen and oxygen atoms in total. The highest BCUT2D eigenvalue weighted by atomic mass is 16.5. The molecule has 0 radical (unpaired) electrons. The van der Waals surface area contributed by atoms with Gasteiger partial charge >= 0.3 is 0 Å². The summed E-state index contributed by atoms with van der Waals surface area (Å²) in [6, 6.07) is 9.10. The molecule has 1 atom stereocenters. The van der Waals surface area contributed by atoms with Crippen LogP contribution in [-0.4, -0.2) is 12.0 Å². The van der Waals surface area contributed by atoms with Gasteiger partial charge in [-0.3, -0.25) is 4.79 Å². The molecule has 0 saturated carbocycles. The number of para-hydroxylation sites is 1. The fourth-order valence-corrected chi connectivity index (χ4v) is 0.761. The summed E-state index contributed by atoms with van der Waals surface area (Å²) in [6.07, 6.45) is -0.576. The van der Waals surface area contributed by atoms with Crippen molar-refractivity contribution < 1.29 is 9.53 Å². The first kappa shape index (κ1) is 8.59. The third-order valence-electron chi connectivity index (χ3n) is 1.46. The Morgan fingerprint density at radius 2 is 2.00 bits per heavy atom. The van der Waals surface area contributed by atoms with E-state index in [1.165, 1.54) is 0 Å². The molecule has 0 unspecified atom stereocenters. The molecule has 1 aromatic rings. The molecule has 64 valence electrons. The minimum Gasteiger partial charge on any atom is -0.481 e. The first-order valence-corrected chi connectivity index (χ1v) is 3.71. The van der Waals surface area contributed by atoms with E-state index in [2.05, 4.69) is 0 Å². The molecule has 0 aliphatic carbocycles. The summed E-state index contributed by atoms with van der Waals surface area (Å²) in [6.45, 7) is 1.62. The number of hydrogen-bond donors (Lipinski definition) is 1. The number of primary amides is 1. The average Bonchev–Trinajstić information content (AvgIpc) is 2.06. The molecule has 0 bridgehead atoms. The lowest BCUT2D eigenvalue weighted by atomic mass is 10.3. The fraction of sp³-hybridized carbons (Fsp3) is 0.222. The molecule has 0 saturated heterocycles. The summed E-state index contributed by atoms with van der Waals surface area (Å²) in [4.78, 5) is 10.6. The molecule has 1 aromatic carbocycles. The van der Waals surface area contributed by atoms with Crippen LogP contribution in [0.3, 0.4) is 0 Å². The lowest BCUT2D eigenvalue weighted by molar-refractivity contribution is -0.123. The van der Waals surface area contributed by atoms with Crippen LogP contribution in [0.15, 0.2) is 30.3 Å². The maximum absolute atomic E-state index is 10.6. The number of benzene rings is 1. The van der Waals surface area contributed by atoms with Crippen LogP contribution in [0.5, 0.6) is 5.75 Å². The van der Waals surface area contributed by atoms with Crippen LogP contribution in [0.2, 0.25) is 0 Å². The Morgan fingerprint density at radius 1 is 1.42 bits per heavy atom. The predicted molar refractivity (Wildman–Crippen MR) is 45.7 cm³/mol. The van der Waals surface area contributed by atoms with E-state index in [1.807, 2.05) is 18.2 Å². The monoisotopic (exact) mass is 165 g/mol. The van der Waals surface area contributed by atoms with E-state index < -0.39 is 12.0 Å². The van der Waals surface area contributed by atoms with Crippen molar-refractivity contribution in [2.75, 3.05) is 0 Å². The highest BCUT2D eigenvalue weighted by Crippen LogP contribution is 2.10. The molecule has 12 heavy (non-hydrogen) atoms. The number of carbonyl (C=O) groups is 1. The van der Waals surface area contributed by atoms with Crippen LogP contribution in [0, 0.1) is 0 Å². The van der Waals surface area contributed by atoms with Gasteiger partial charge in [0.1, 0.15) is 5.75 Å². The second-order valence-electron chi connectivity index (χ2n) is 2.48. The van der Waals surface area contributed by atoms with Crippen LogP contribution >= 0.6 is 0 Å². The Morgan fingerprint density at radius 3 is 2.50 bits per heavy atom. The van der Waals surface area contributed by atoms with Gasteiger partial charge in [-0.2, -0.15) is 0 Å². The molecule has 0 aromatic heterocycles. The molecule has 1 amide bonds. The van der Waals surface area contributed by atoms with Crippen molar-refractivity contribution in [1.29, 1.82) is 0 Å². The van der Waals surface area contributed by atoms with Crippen LogP contribution in [0.4, 0.5) is 0 Å². The van der Waals surface area contributed by atoms with Gasteiger partial charge in [-0.15, -0.1) is 0 Å². The van der Waals surface area contributed by atoms with Crippen LogP contribution in [0.25, 0.3) is 0 Å². The standard InChI is InChI=1S/C9H11NO2/c1-7(9(10)11)12-8-5-3-2-4-6-8/h2-7H,1H3,(H2,10,11)/t7-/m0/s1. The summed E-state index contributed by atoms with van der Waals surface area (Å²) in [5, 5.41) is 0. The lowest BCUT2D eigenvalue weighted by Crippen LogP contribution is -2.30. The third-order valence-corrected chi connectivity index (χ3v) is 1.46. The first-order valence-electron chi connectivity index (χ1n) is 3.71. The van der Waals surface area contributed by atoms with Crippen molar-refractivity contribution in [3.63, 3.8) is 0 Å². The maximum Gasteiger partial charge on any atom is 0.258 e. The molecular weight excluding hydrogens is 154 g/mol. The van der Waals surface area contributed by atoms with Gasteiger partial charge in [0.2, 0.25) is 0 Å². The molecular formula is C9H11NO2. The SMILES string of the molecule is C[C@H](Oc1ccccc1)C(N)=O. The molecule has 0 spiro atoms. The molecule has 0 fully saturated rings. The smallest absolute Gasteiger partial charge is 0.258 e. The van der Waals surface area contributed by atoms with Crippen molar-refractivity contribution in [2.24, 2.45) is 5.73 Å². The van der Waals surface area contributed by atoms with Crippen molar-refractivity contribution in [2.45, 2.75) is 13.0 Å². The number of hydrogen-bond acceptors (Lipinski definition) is 2. The average molecular weight is 165 g/mol. The zero-order valence-electron chi connectivity index (χ0n) is 6.86. The Bertz CT molecular complexity index is 258. The van der Waals surface area contributed by atoms with Gasteiger partial charge in [0, 0.05) is 0 Å². The minimum atomic E-state index is -0.576. The summed E-state index contributed by atoms with van der Waals surface area (Å²) in [7, 11) is 0. The number of nitrogens with two attached hydrogens (primary N) is 1. The van der Waals surface area contributed by atoms with E-state index in [1.54, 1.807) is 19.1 Å². The Labute approximate surface area is 71.1 Å². The summed E-state index contributed by atoms with van der Waals surface area (Å²) in [5.41, 5.74) is 5.02. The van der Waals surface area contributed by atoms with Crippen LogP contribution < -0.4 is 10.5 Å².